The summed E-state index contributed by atoms with van der Waals surface area (Å²) in [6.07, 6.45) is 2.27. The summed E-state index contributed by atoms with van der Waals surface area (Å²) < 4.78 is 14.0. The van der Waals surface area contributed by atoms with Crippen molar-refractivity contribution in [3.05, 3.63) is 54.4 Å². The van der Waals surface area contributed by atoms with Crippen LogP contribution in [0.25, 0.3) is 11.0 Å². The number of fused-ring (bicyclic) bond motifs is 1. The number of hydrogen-bond acceptors (Lipinski definition) is 5. The predicted molar refractivity (Wildman–Crippen MR) is 111 cm³/mol. The monoisotopic (exact) mass is 394 g/mol. The molecule has 2 aromatic carbocycles. The minimum Gasteiger partial charge on any atom is -0.457 e. The number of hydrogen-bond donors (Lipinski definition) is 2. The Balaban J connectivity index is 1.64. The predicted octanol–water partition coefficient (Wildman–Crippen LogP) is 2.97. The molecule has 0 saturated carbocycles. The molecule has 1 aliphatic rings. The highest BCUT2D eigenvalue weighted by Gasteiger charge is 2.21. The summed E-state index contributed by atoms with van der Waals surface area (Å²) in [7, 11) is 0. The van der Waals surface area contributed by atoms with E-state index in [1.807, 2.05) is 48.5 Å². The number of rotatable bonds is 8. The van der Waals surface area contributed by atoms with Crippen LogP contribution in [0.1, 0.15) is 25.6 Å². The van der Waals surface area contributed by atoms with E-state index in [0.717, 1.165) is 47.8 Å². The van der Waals surface area contributed by atoms with E-state index in [1.54, 1.807) is 6.92 Å². The van der Waals surface area contributed by atoms with E-state index in [0.29, 0.717) is 13.1 Å². The zero-order valence-corrected chi connectivity index (χ0v) is 16.5. The van der Waals surface area contributed by atoms with Gasteiger partial charge in [-0.2, -0.15) is 0 Å². The summed E-state index contributed by atoms with van der Waals surface area (Å²) in [5.74, 6) is 2.00. The number of carbonyl (C=O) groups excluding carboxylic acids is 1. The second kappa shape index (κ2) is 8.63. The van der Waals surface area contributed by atoms with E-state index < -0.39 is 6.04 Å². The molecule has 0 bridgehead atoms. The van der Waals surface area contributed by atoms with Crippen LogP contribution in [0.15, 0.2) is 48.5 Å². The highest BCUT2D eigenvalue weighted by Crippen LogP contribution is 2.27. The van der Waals surface area contributed by atoms with Crippen LogP contribution in [-0.2, 0) is 22.6 Å². The number of amides is 1. The standard InChI is InChI=1S/C22H26N4O3/c1-15(22(23)27)24-13-21-25-19-10-9-17(29-16-6-3-2-4-7-16)12-20(19)26(21)14-18-8-5-11-28-18/h2-4,6-7,9-10,12,15,18,24H,5,8,11,13-14H2,1H3,(H2,23,27)/t15-,18-/m0/s1. The molecule has 0 radical (unpaired) electrons. The maximum absolute atomic E-state index is 11.4. The molecule has 1 saturated heterocycles. The Morgan fingerprint density at radius 3 is 2.86 bits per heavy atom. The molecule has 2 heterocycles. The van der Waals surface area contributed by atoms with Crippen LogP contribution in [-0.4, -0.2) is 34.2 Å². The third-order valence-corrected chi connectivity index (χ3v) is 5.18. The van der Waals surface area contributed by atoms with Crippen LogP contribution < -0.4 is 15.8 Å². The highest BCUT2D eigenvalue weighted by atomic mass is 16.5. The van der Waals surface area contributed by atoms with Gasteiger partial charge in [0.1, 0.15) is 17.3 Å². The van der Waals surface area contributed by atoms with Gasteiger partial charge in [0, 0.05) is 12.7 Å². The summed E-state index contributed by atoms with van der Waals surface area (Å²) in [5.41, 5.74) is 7.24. The van der Waals surface area contributed by atoms with Gasteiger partial charge in [-0.1, -0.05) is 18.2 Å². The molecule has 4 rings (SSSR count). The number of nitrogens with zero attached hydrogens (tertiary/aromatic N) is 2. The van der Waals surface area contributed by atoms with E-state index in [4.69, 9.17) is 20.2 Å². The largest absolute Gasteiger partial charge is 0.457 e. The van der Waals surface area contributed by atoms with Crippen molar-refractivity contribution in [3.8, 4) is 11.5 Å². The third kappa shape index (κ3) is 4.58. The average Bonchev–Trinajstić information content (AvgIpc) is 3.35. The fourth-order valence-corrected chi connectivity index (χ4v) is 3.52. The number of primary amides is 1. The van der Waals surface area contributed by atoms with Crippen molar-refractivity contribution in [2.24, 2.45) is 5.73 Å². The maximum atomic E-state index is 11.4. The van der Waals surface area contributed by atoms with Crippen LogP contribution in [0.4, 0.5) is 0 Å². The molecule has 7 nitrogen and oxygen atoms in total. The molecule has 2 atom stereocenters. The zero-order valence-electron chi connectivity index (χ0n) is 16.5. The van der Waals surface area contributed by atoms with Crippen LogP contribution in [0.5, 0.6) is 11.5 Å². The van der Waals surface area contributed by atoms with E-state index >= 15 is 0 Å². The molecule has 1 aliphatic heterocycles. The first-order chi connectivity index (χ1) is 14.1. The lowest BCUT2D eigenvalue weighted by Gasteiger charge is -2.16. The molecule has 152 valence electrons. The number of ether oxygens (including phenoxy) is 2. The second-order valence-corrected chi connectivity index (χ2v) is 7.34. The summed E-state index contributed by atoms with van der Waals surface area (Å²) in [6, 6.07) is 15.1. The number of para-hydroxylation sites is 1. The number of nitrogens with two attached hydrogens (primary N) is 1. The van der Waals surface area contributed by atoms with Crippen LogP contribution >= 0.6 is 0 Å². The minimum absolute atomic E-state index is 0.165. The van der Waals surface area contributed by atoms with Crippen molar-refractivity contribution < 1.29 is 14.3 Å². The number of nitrogens with one attached hydrogen (secondary N) is 1. The molecular weight excluding hydrogens is 368 g/mol. The van der Waals surface area contributed by atoms with Crippen molar-refractivity contribution in [1.82, 2.24) is 14.9 Å². The molecule has 29 heavy (non-hydrogen) atoms. The Morgan fingerprint density at radius 2 is 2.14 bits per heavy atom. The minimum atomic E-state index is -0.428. The molecule has 3 N–H and O–H groups in total. The van der Waals surface area contributed by atoms with Crippen molar-refractivity contribution >= 4 is 16.9 Å². The Labute approximate surface area is 169 Å². The number of imidazole rings is 1. The number of aromatic nitrogens is 2. The molecular formula is C22H26N4O3. The zero-order chi connectivity index (χ0) is 20.2. The molecule has 7 heteroatoms. The SMILES string of the molecule is C[C@H](NCc1nc2ccc(Oc3ccccc3)cc2n1C[C@@H]1CCCO1)C(N)=O. The lowest BCUT2D eigenvalue weighted by atomic mass is 10.2. The summed E-state index contributed by atoms with van der Waals surface area (Å²) in [5, 5.41) is 3.15. The van der Waals surface area contributed by atoms with Gasteiger partial charge in [-0.15, -0.1) is 0 Å². The molecule has 1 fully saturated rings. The molecule has 0 unspecified atom stereocenters. The van der Waals surface area contributed by atoms with Crippen molar-refractivity contribution in [3.63, 3.8) is 0 Å². The smallest absolute Gasteiger partial charge is 0.234 e. The Kier molecular flexibility index (Phi) is 5.78. The lowest BCUT2D eigenvalue weighted by molar-refractivity contribution is -0.119. The average molecular weight is 394 g/mol. The fourth-order valence-electron chi connectivity index (χ4n) is 3.52. The van der Waals surface area contributed by atoms with Gasteiger partial charge < -0.3 is 19.8 Å². The van der Waals surface area contributed by atoms with Crippen molar-refractivity contribution in [1.29, 1.82) is 0 Å². The van der Waals surface area contributed by atoms with E-state index in [1.165, 1.54) is 0 Å². The third-order valence-electron chi connectivity index (χ3n) is 5.18. The molecule has 1 amide bonds. The van der Waals surface area contributed by atoms with Gasteiger partial charge in [0.05, 0.1) is 36.3 Å². The highest BCUT2D eigenvalue weighted by molar-refractivity contribution is 5.79. The van der Waals surface area contributed by atoms with Gasteiger partial charge in [0.15, 0.2) is 0 Å². The Morgan fingerprint density at radius 1 is 1.31 bits per heavy atom. The van der Waals surface area contributed by atoms with Gasteiger partial charge in [-0.3, -0.25) is 10.1 Å². The second-order valence-electron chi connectivity index (χ2n) is 7.34. The number of benzene rings is 2. The van der Waals surface area contributed by atoms with Crippen LogP contribution in [0.2, 0.25) is 0 Å². The van der Waals surface area contributed by atoms with E-state index in [2.05, 4.69) is 9.88 Å². The van der Waals surface area contributed by atoms with Gasteiger partial charge in [-0.05, 0) is 44.0 Å². The Hall–Kier alpha value is -2.90. The van der Waals surface area contributed by atoms with E-state index in [-0.39, 0.29) is 12.0 Å². The van der Waals surface area contributed by atoms with Crippen molar-refractivity contribution in [2.75, 3.05) is 6.61 Å². The van der Waals surface area contributed by atoms with E-state index in [9.17, 15) is 4.79 Å². The molecule has 3 aromatic rings. The Bertz CT molecular complexity index is 980. The fraction of sp³-hybridized carbons (Fsp3) is 0.364. The van der Waals surface area contributed by atoms with Crippen LogP contribution in [0.3, 0.4) is 0 Å². The molecule has 0 aliphatic carbocycles. The maximum Gasteiger partial charge on any atom is 0.234 e. The van der Waals surface area contributed by atoms with Gasteiger partial charge in [0.2, 0.25) is 5.91 Å². The quantitative estimate of drug-likeness (QED) is 0.613. The topological polar surface area (TPSA) is 91.4 Å². The molecule has 1 aromatic heterocycles. The normalized spacial score (nSPS) is 17.5. The van der Waals surface area contributed by atoms with Gasteiger partial charge in [-0.25, -0.2) is 4.98 Å². The summed E-state index contributed by atoms with van der Waals surface area (Å²) in [6.45, 7) is 3.71. The number of carbonyl (C=O) groups is 1. The first-order valence-electron chi connectivity index (χ1n) is 9.96. The summed E-state index contributed by atoms with van der Waals surface area (Å²) >= 11 is 0. The first-order valence-corrected chi connectivity index (χ1v) is 9.96. The molecule has 0 spiro atoms. The van der Waals surface area contributed by atoms with Gasteiger partial charge >= 0.3 is 0 Å². The first kappa shape index (κ1) is 19.4. The lowest BCUT2D eigenvalue weighted by Crippen LogP contribution is -2.38. The van der Waals surface area contributed by atoms with Crippen LogP contribution in [0, 0.1) is 0 Å². The van der Waals surface area contributed by atoms with Crippen molar-refractivity contribution in [2.45, 2.75) is 45.0 Å². The summed E-state index contributed by atoms with van der Waals surface area (Å²) in [4.78, 5) is 16.1. The van der Waals surface area contributed by atoms with Gasteiger partial charge in [0.25, 0.3) is 0 Å².